The SMILES string of the molecule is CC(C)(C)OCOCN=C1N[C@](C)(c2cc(I)ccc2F)C[S@](=O)(=NC2CC2)C1(C)C. The molecule has 31 heavy (non-hydrogen) atoms. The molecular weight excluding hydrogens is 532 g/mol. The summed E-state index contributed by atoms with van der Waals surface area (Å²) < 4.78 is 45.1. The molecule has 0 amide bonds. The third-order valence-electron chi connectivity index (χ3n) is 5.52. The lowest BCUT2D eigenvalue weighted by molar-refractivity contribution is -0.118. The molecule has 174 valence electrons. The second-order valence-electron chi connectivity index (χ2n) is 9.93. The molecule has 1 heterocycles. The van der Waals surface area contributed by atoms with Gasteiger partial charge in [-0.1, -0.05) is 0 Å². The van der Waals surface area contributed by atoms with E-state index < -0.39 is 20.0 Å². The van der Waals surface area contributed by atoms with Crippen LogP contribution in [-0.4, -0.2) is 45.7 Å². The molecule has 0 aromatic heterocycles. The highest BCUT2D eigenvalue weighted by molar-refractivity contribution is 14.1. The Kier molecular flexibility index (Phi) is 7.11. The molecule has 2 fully saturated rings. The first-order valence-corrected chi connectivity index (χ1v) is 13.3. The monoisotopic (exact) mass is 565 g/mol. The van der Waals surface area contributed by atoms with Crippen LogP contribution in [0.2, 0.25) is 0 Å². The van der Waals surface area contributed by atoms with Crippen LogP contribution in [0.4, 0.5) is 4.39 Å². The average Bonchev–Trinajstić information content (AvgIpc) is 3.44. The summed E-state index contributed by atoms with van der Waals surface area (Å²) in [6.45, 7) is 11.7. The predicted octanol–water partition coefficient (Wildman–Crippen LogP) is 4.80. The summed E-state index contributed by atoms with van der Waals surface area (Å²) in [5.74, 6) is 0.398. The van der Waals surface area contributed by atoms with Crippen molar-refractivity contribution in [2.75, 3.05) is 19.3 Å². The van der Waals surface area contributed by atoms with Gasteiger partial charge in [0.2, 0.25) is 0 Å². The number of nitrogens with one attached hydrogen (secondary N) is 1. The van der Waals surface area contributed by atoms with Crippen molar-refractivity contribution in [2.24, 2.45) is 9.36 Å². The molecule has 0 spiro atoms. The van der Waals surface area contributed by atoms with Gasteiger partial charge in [0, 0.05) is 9.13 Å². The Hall–Kier alpha value is -0.780. The van der Waals surface area contributed by atoms with Crippen LogP contribution in [-0.2, 0) is 24.7 Å². The Morgan fingerprint density at radius 1 is 1.29 bits per heavy atom. The molecule has 1 saturated carbocycles. The topological polar surface area (TPSA) is 72.3 Å². The zero-order chi connectivity index (χ0) is 23.1. The number of benzene rings is 1. The third kappa shape index (κ3) is 5.78. The highest BCUT2D eigenvalue weighted by Gasteiger charge is 2.51. The molecule has 6 nitrogen and oxygen atoms in total. The van der Waals surface area contributed by atoms with Crippen molar-refractivity contribution >= 4 is 38.2 Å². The molecule has 1 aliphatic carbocycles. The maximum Gasteiger partial charge on any atom is 0.149 e. The molecular formula is C22H33FIN3O3S. The van der Waals surface area contributed by atoms with Crippen LogP contribution in [0.15, 0.2) is 27.6 Å². The highest BCUT2D eigenvalue weighted by atomic mass is 127. The zero-order valence-corrected chi connectivity index (χ0v) is 22.1. The van der Waals surface area contributed by atoms with Crippen LogP contribution >= 0.6 is 22.6 Å². The number of ether oxygens (including phenoxy) is 2. The molecule has 2 aliphatic rings. The van der Waals surface area contributed by atoms with E-state index in [1.54, 1.807) is 12.1 Å². The number of hydrogen-bond donors (Lipinski definition) is 1. The summed E-state index contributed by atoms with van der Waals surface area (Å²) in [4.78, 5) is 4.59. The van der Waals surface area contributed by atoms with E-state index in [0.717, 1.165) is 16.4 Å². The summed E-state index contributed by atoms with van der Waals surface area (Å²) in [6, 6.07) is 5.09. The Balaban J connectivity index is 1.96. The van der Waals surface area contributed by atoms with Gasteiger partial charge in [0.05, 0.1) is 32.7 Å². The van der Waals surface area contributed by atoms with E-state index in [4.69, 9.17) is 13.8 Å². The number of halogens is 2. The van der Waals surface area contributed by atoms with E-state index in [1.165, 1.54) is 6.07 Å². The largest absolute Gasteiger partial charge is 0.362 e. The van der Waals surface area contributed by atoms with Crippen molar-refractivity contribution in [3.63, 3.8) is 0 Å². The summed E-state index contributed by atoms with van der Waals surface area (Å²) in [5, 5.41) is 3.41. The van der Waals surface area contributed by atoms with Crippen molar-refractivity contribution in [2.45, 2.75) is 76.3 Å². The summed E-state index contributed by atoms with van der Waals surface area (Å²) in [6.07, 6.45) is 1.91. The van der Waals surface area contributed by atoms with Gasteiger partial charge in [0.15, 0.2) is 0 Å². The van der Waals surface area contributed by atoms with Gasteiger partial charge in [0.1, 0.15) is 29.9 Å². The van der Waals surface area contributed by atoms with Crippen molar-refractivity contribution in [3.05, 3.63) is 33.1 Å². The average molecular weight is 565 g/mol. The maximum absolute atomic E-state index is 14.9. The predicted molar refractivity (Wildman–Crippen MR) is 131 cm³/mol. The zero-order valence-electron chi connectivity index (χ0n) is 19.1. The molecule has 3 rings (SSSR count). The van der Waals surface area contributed by atoms with Gasteiger partial charge >= 0.3 is 0 Å². The standard InChI is InChI=1S/C22H33FIN3O3S/c1-20(2,3)30-14-29-13-25-19-21(4,5)31(28,27-16-8-9-16)12-22(6,26-19)17-11-15(24)7-10-18(17)23/h7,10-11,16H,8-9,12-14H2,1-6H3,(H,25,26)/t22-,31+/m0/s1. The first kappa shape index (κ1) is 24.9. The first-order valence-electron chi connectivity index (χ1n) is 10.5. The molecule has 1 N–H and O–H groups in total. The molecule has 0 bridgehead atoms. The van der Waals surface area contributed by atoms with Gasteiger partial charge in [-0.15, -0.1) is 0 Å². The van der Waals surface area contributed by atoms with Crippen molar-refractivity contribution in [3.8, 4) is 0 Å². The van der Waals surface area contributed by atoms with E-state index >= 15 is 0 Å². The van der Waals surface area contributed by atoms with Crippen LogP contribution in [0.1, 0.15) is 59.9 Å². The minimum absolute atomic E-state index is 0.0473. The Bertz CT molecular complexity index is 979. The number of rotatable bonds is 6. The van der Waals surface area contributed by atoms with Crippen molar-refractivity contribution in [1.82, 2.24) is 5.32 Å². The van der Waals surface area contributed by atoms with E-state index in [2.05, 4.69) is 32.9 Å². The first-order chi connectivity index (χ1) is 14.3. The van der Waals surface area contributed by atoms with Gasteiger partial charge in [-0.25, -0.2) is 18.0 Å². The quantitative estimate of drug-likeness (QED) is 0.306. The smallest absolute Gasteiger partial charge is 0.149 e. The van der Waals surface area contributed by atoms with E-state index in [-0.39, 0.29) is 36.7 Å². The van der Waals surface area contributed by atoms with Crippen LogP contribution < -0.4 is 5.32 Å². The fourth-order valence-electron chi connectivity index (χ4n) is 3.42. The molecule has 1 aromatic carbocycles. The molecule has 1 aromatic rings. The fourth-order valence-corrected chi connectivity index (χ4v) is 6.73. The minimum atomic E-state index is -2.73. The van der Waals surface area contributed by atoms with E-state index in [9.17, 15) is 8.60 Å². The summed E-state index contributed by atoms with van der Waals surface area (Å²) in [7, 11) is -2.73. The molecule has 0 radical (unpaired) electrons. The maximum atomic E-state index is 14.9. The van der Waals surface area contributed by atoms with Crippen LogP contribution in [0.5, 0.6) is 0 Å². The lowest BCUT2D eigenvalue weighted by Crippen LogP contribution is -2.64. The van der Waals surface area contributed by atoms with E-state index in [1.807, 2.05) is 41.5 Å². The molecule has 1 aliphatic heterocycles. The Labute approximate surface area is 199 Å². The van der Waals surface area contributed by atoms with Crippen molar-refractivity contribution < 1.29 is 18.1 Å². The molecule has 1 saturated heterocycles. The fraction of sp³-hybridized carbons (Fsp3) is 0.682. The minimum Gasteiger partial charge on any atom is -0.362 e. The van der Waals surface area contributed by atoms with Crippen LogP contribution in [0, 0.1) is 9.39 Å². The normalized spacial score (nSPS) is 29.6. The van der Waals surface area contributed by atoms with Gasteiger partial charge < -0.3 is 14.8 Å². The van der Waals surface area contributed by atoms with Crippen molar-refractivity contribution in [1.29, 1.82) is 0 Å². The van der Waals surface area contributed by atoms with Gasteiger partial charge in [-0.3, -0.25) is 0 Å². The molecule has 9 heteroatoms. The van der Waals surface area contributed by atoms with E-state index in [0.29, 0.717) is 11.4 Å². The third-order valence-corrected chi connectivity index (χ3v) is 9.59. The number of amidine groups is 1. The van der Waals surface area contributed by atoms with Gasteiger partial charge in [-0.05, 0) is 95.2 Å². The lowest BCUT2D eigenvalue weighted by atomic mass is 9.92. The van der Waals surface area contributed by atoms with Crippen LogP contribution in [0.25, 0.3) is 0 Å². The highest BCUT2D eigenvalue weighted by Crippen LogP contribution is 2.39. The van der Waals surface area contributed by atoms with Gasteiger partial charge in [0.25, 0.3) is 0 Å². The lowest BCUT2D eigenvalue weighted by Gasteiger charge is -2.46. The van der Waals surface area contributed by atoms with Gasteiger partial charge in [-0.2, -0.15) is 0 Å². The second-order valence-corrected chi connectivity index (χ2v) is 14.0. The van der Waals surface area contributed by atoms with Crippen LogP contribution in [0.3, 0.4) is 0 Å². The summed E-state index contributed by atoms with van der Waals surface area (Å²) in [5.41, 5.74) is -0.747. The number of hydrogen-bond acceptors (Lipinski definition) is 5. The Morgan fingerprint density at radius 2 is 1.97 bits per heavy atom. The number of aliphatic imine (C=N–C) groups is 1. The number of nitrogens with zero attached hydrogens (tertiary/aromatic N) is 2. The summed E-state index contributed by atoms with van der Waals surface area (Å²) >= 11 is 2.16. The second kappa shape index (κ2) is 8.87. The molecule has 0 unspecified atom stereocenters. The Morgan fingerprint density at radius 3 is 2.58 bits per heavy atom. The molecule has 2 atom stereocenters.